The summed E-state index contributed by atoms with van der Waals surface area (Å²) in [5.74, 6) is -0.326. The first-order valence-electron chi connectivity index (χ1n) is 8.70. The van der Waals surface area contributed by atoms with E-state index < -0.39 is 10.0 Å². The third kappa shape index (κ3) is 4.97. The number of aromatic nitrogens is 1. The van der Waals surface area contributed by atoms with E-state index in [1.165, 1.54) is 30.3 Å². The molecule has 0 saturated heterocycles. The summed E-state index contributed by atoms with van der Waals surface area (Å²) in [7, 11) is -3.86. The van der Waals surface area contributed by atoms with Crippen molar-refractivity contribution in [3.05, 3.63) is 89.2 Å². The third-order valence-electron chi connectivity index (χ3n) is 4.21. The van der Waals surface area contributed by atoms with Gasteiger partial charge >= 0.3 is 0 Å². The smallest absolute Gasteiger partial charge is 0.261 e. The number of aryl methyl sites for hydroxylation is 1. The minimum atomic E-state index is -3.86. The molecule has 8 heteroatoms. The van der Waals surface area contributed by atoms with Gasteiger partial charge in [0.2, 0.25) is 0 Å². The number of anilines is 1. The first-order chi connectivity index (χ1) is 13.9. The molecule has 0 atom stereocenters. The molecule has 7 nitrogen and oxygen atoms in total. The van der Waals surface area contributed by atoms with Gasteiger partial charge in [-0.15, -0.1) is 0 Å². The van der Waals surface area contributed by atoms with E-state index in [1.54, 1.807) is 37.5 Å². The molecule has 146 valence electrons. The normalized spacial score (nSPS) is 10.8. The summed E-state index contributed by atoms with van der Waals surface area (Å²) >= 11 is 0. The van der Waals surface area contributed by atoms with E-state index in [4.69, 9.17) is 5.26 Å². The standard InChI is InChI=1S/C21H18N4O3S/c1-15-4-7-18(21(26)24-14-17-3-2-10-23-13-17)11-20(15)25-29(27,28)19-8-5-16(12-22)6-9-19/h2-11,13,25H,14H2,1H3,(H,24,26). The van der Waals surface area contributed by atoms with Crippen LogP contribution in [-0.2, 0) is 16.6 Å². The van der Waals surface area contributed by atoms with Crippen molar-refractivity contribution in [3.63, 3.8) is 0 Å². The topological polar surface area (TPSA) is 112 Å². The highest BCUT2D eigenvalue weighted by Gasteiger charge is 2.17. The number of nitrogens with one attached hydrogen (secondary N) is 2. The fourth-order valence-corrected chi connectivity index (χ4v) is 3.69. The van der Waals surface area contributed by atoms with Crippen molar-refractivity contribution < 1.29 is 13.2 Å². The molecule has 1 aromatic heterocycles. The van der Waals surface area contributed by atoms with Crippen molar-refractivity contribution in [3.8, 4) is 6.07 Å². The van der Waals surface area contributed by atoms with E-state index in [9.17, 15) is 13.2 Å². The minimum absolute atomic E-state index is 0.0299. The molecule has 0 bridgehead atoms. The lowest BCUT2D eigenvalue weighted by atomic mass is 10.1. The fraction of sp³-hybridized carbons (Fsp3) is 0.0952. The van der Waals surface area contributed by atoms with Gasteiger partial charge in [-0.1, -0.05) is 12.1 Å². The number of carbonyl (C=O) groups is 1. The molecule has 3 aromatic rings. The second-order valence-corrected chi connectivity index (χ2v) is 8.00. The summed E-state index contributed by atoms with van der Waals surface area (Å²) in [5.41, 5.74) is 2.54. The highest BCUT2D eigenvalue weighted by molar-refractivity contribution is 7.92. The van der Waals surface area contributed by atoms with Crippen LogP contribution in [0.3, 0.4) is 0 Å². The van der Waals surface area contributed by atoms with Crippen molar-refractivity contribution in [2.45, 2.75) is 18.4 Å². The van der Waals surface area contributed by atoms with Gasteiger partial charge in [0.15, 0.2) is 0 Å². The number of carbonyl (C=O) groups excluding carboxylic acids is 1. The molecule has 0 aliphatic heterocycles. The van der Waals surface area contributed by atoms with Crippen LogP contribution in [0, 0.1) is 18.3 Å². The zero-order chi connectivity index (χ0) is 20.9. The molecule has 0 unspecified atom stereocenters. The molecule has 3 rings (SSSR count). The molecular weight excluding hydrogens is 388 g/mol. The summed E-state index contributed by atoms with van der Waals surface area (Å²) in [6, 6.07) is 16.0. The number of pyridine rings is 1. The molecule has 0 spiro atoms. The summed E-state index contributed by atoms with van der Waals surface area (Å²) < 4.78 is 27.8. The van der Waals surface area contributed by atoms with E-state index in [1.807, 2.05) is 12.1 Å². The van der Waals surface area contributed by atoms with E-state index in [0.717, 1.165) is 5.56 Å². The maximum atomic E-state index is 12.6. The Morgan fingerprint density at radius 3 is 2.55 bits per heavy atom. The van der Waals surface area contributed by atoms with Gasteiger partial charge in [-0.3, -0.25) is 14.5 Å². The zero-order valence-electron chi connectivity index (χ0n) is 15.6. The number of hydrogen-bond acceptors (Lipinski definition) is 5. The predicted octanol–water partition coefficient (Wildman–Crippen LogP) is 2.99. The van der Waals surface area contributed by atoms with Crippen molar-refractivity contribution in [2.75, 3.05) is 4.72 Å². The van der Waals surface area contributed by atoms with Gasteiger partial charge in [-0.05, 0) is 60.5 Å². The number of nitriles is 1. The molecular formula is C21H18N4O3S. The highest BCUT2D eigenvalue weighted by Crippen LogP contribution is 2.21. The average Bonchev–Trinajstić information content (AvgIpc) is 2.74. The lowest BCUT2D eigenvalue weighted by Crippen LogP contribution is -2.23. The Kier molecular flexibility index (Phi) is 5.90. The third-order valence-corrected chi connectivity index (χ3v) is 5.60. The van der Waals surface area contributed by atoms with Crippen LogP contribution >= 0.6 is 0 Å². The van der Waals surface area contributed by atoms with Crippen molar-refractivity contribution in [1.82, 2.24) is 10.3 Å². The van der Waals surface area contributed by atoms with Crippen LogP contribution in [0.5, 0.6) is 0 Å². The Morgan fingerprint density at radius 2 is 1.90 bits per heavy atom. The van der Waals surface area contributed by atoms with Gasteiger partial charge in [-0.2, -0.15) is 5.26 Å². The highest BCUT2D eigenvalue weighted by atomic mass is 32.2. The van der Waals surface area contributed by atoms with Gasteiger partial charge in [0.05, 0.1) is 22.2 Å². The molecule has 1 amide bonds. The minimum Gasteiger partial charge on any atom is -0.348 e. The average molecular weight is 406 g/mol. The van der Waals surface area contributed by atoms with Crippen LogP contribution in [0.15, 0.2) is 71.9 Å². The molecule has 0 aliphatic rings. The van der Waals surface area contributed by atoms with E-state index in [-0.39, 0.29) is 10.8 Å². The van der Waals surface area contributed by atoms with Crippen LogP contribution < -0.4 is 10.0 Å². The molecule has 0 aliphatic carbocycles. The first kappa shape index (κ1) is 20.0. The number of rotatable bonds is 6. The van der Waals surface area contributed by atoms with E-state index in [2.05, 4.69) is 15.0 Å². The SMILES string of the molecule is Cc1ccc(C(=O)NCc2cccnc2)cc1NS(=O)(=O)c1ccc(C#N)cc1. The summed E-state index contributed by atoms with van der Waals surface area (Å²) in [6.07, 6.45) is 3.31. The van der Waals surface area contributed by atoms with Crippen LogP contribution in [0.25, 0.3) is 0 Å². The molecule has 1 heterocycles. The number of amides is 1. The van der Waals surface area contributed by atoms with Gasteiger partial charge in [0.1, 0.15) is 0 Å². The van der Waals surface area contributed by atoms with E-state index in [0.29, 0.717) is 28.9 Å². The quantitative estimate of drug-likeness (QED) is 0.654. The van der Waals surface area contributed by atoms with Crippen LogP contribution in [0.4, 0.5) is 5.69 Å². The first-order valence-corrected chi connectivity index (χ1v) is 10.2. The molecule has 0 fully saturated rings. The second kappa shape index (κ2) is 8.54. The maximum absolute atomic E-state index is 12.6. The Labute approximate surface area is 169 Å². The number of hydrogen-bond donors (Lipinski definition) is 2. The Balaban J connectivity index is 1.77. The van der Waals surface area contributed by atoms with Crippen molar-refractivity contribution >= 4 is 21.6 Å². The molecule has 2 N–H and O–H groups in total. The summed E-state index contributed by atoms with van der Waals surface area (Å²) in [6.45, 7) is 2.06. The van der Waals surface area contributed by atoms with Crippen LogP contribution in [-0.4, -0.2) is 19.3 Å². The lowest BCUT2D eigenvalue weighted by molar-refractivity contribution is 0.0951. The Morgan fingerprint density at radius 1 is 1.14 bits per heavy atom. The number of nitrogens with zero attached hydrogens (tertiary/aromatic N) is 2. The van der Waals surface area contributed by atoms with Gasteiger partial charge in [0, 0.05) is 24.5 Å². The maximum Gasteiger partial charge on any atom is 0.261 e. The zero-order valence-corrected chi connectivity index (χ0v) is 16.4. The Hall–Kier alpha value is -3.70. The number of benzene rings is 2. The van der Waals surface area contributed by atoms with E-state index >= 15 is 0 Å². The van der Waals surface area contributed by atoms with Gasteiger partial charge in [0.25, 0.3) is 15.9 Å². The monoisotopic (exact) mass is 406 g/mol. The van der Waals surface area contributed by atoms with Gasteiger partial charge in [-0.25, -0.2) is 8.42 Å². The molecule has 0 saturated carbocycles. The summed E-state index contributed by atoms with van der Waals surface area (Å²) in [5, 5.41) is 11.6. The summed E-state index contributed by atoms with van der Waals surface area (Å²) in [4.78, 5) is 16.5. The second-order valence-electron chi connectivity index (χ2n) is 6.32. The van der Waals surface area contributed by atoms with Crippen molar-refractivity contribution in [2.24, 2.45) is 0 Å². The predicted molar refractivity (Wildman–Crippen MR) is 109 cm³/mol. The van der Waals surface area contributed by atoms with Gasteiger partial charge < -0.3 is 5.32 Å². The lowest BCUT2D eigenvalue weighted by Gasteiger charge is -2.13. The largest absolute Gasteiger partial charge is 0.348 e. The molecule has 29 heavy (non-hydrogen) atoms. The number of sulfonamides is 1. The van der Waals surface area contributed by atoms with Crippen molar-refractivity contribution in [1.29, 1.82) is 5.26 Å². The van der Waals surface area contributed by atoms with Crippen LogP contribution in [0.2, 0.25) is 0 Å². The Bertz CT molecular complexity index is 1170. The molecule has 2 aromatic carbocycles. The fourth-order valence-electron chi connectivity index (χ4n) is 2.57. The molecule has 0 radical (unpaired) electrons. The van der Waals surface area contributed by atoms with Crippen LogP contribution in [0.1, 0.15) is 27.0 Å².